The van der Waals surface area contributed by atoms with Gasteiger partial charge in [0.2, 0.25) is 0 Å². The van der Waals surface area contributed by atoms with Crippen LogP contribution in [0.3, 0.4) is 0 Å². The van der Waals surface area contributed by atoms with E-state index in [4.69, 9.17) is 4.74 Å². The highest BCUT2D eigenvalue weighted by molar-refractivity contribution is 5.76. The zero-order valence-corrected chi connectivity index (χ0v) is 11.6. The van der Waals surface area contributed by atoms with E-state index in [0.29, 0.717) is 6.54 Å². The zero-order valence-electron chi connectivity index (χ0n) is 11.6. The van der Waals surface area contributed by atoms with E-state index >= 15 is 0 Å². The average molecular weight is 273 g/mol. The third-order valence-electron chi connectivity index (χ3n) is 3.88. The number of carbonyl (C=O) groups is 1. The fourth-order valence-corrected chi connectivity index (χ4v) is 2.86. The molecule has 0 spiro atoms. The van der Waals surface area contributed by atoms with Crippen LogP contribution >= 0.6 is 0 Å². The summed E-state index contributed by atoms with van der Waals surface area (Å²) >= 11 is 0. The molecule has 1 N–H and O–H groups in total. The lowest BCUT2D eigenvalue weighted by atomic mass is 10.0. The van der Waals surface area contributed by atoms with Crippen molar-refractivity contribution in [1.82, 2.24) is 14.9 Å². The minimum Gasteiger partial charge on any atom is -0.468 e. The van der Waals surface area contributed by atoms with Gasteiger partial charge in [-0.05, 0) is 31.5 Å². The molecule has 1 aliphatic heterocycles. The van der Waals surface area contributed by atoms with Gasteiger partial charge in [-0.1, -0.05) is 18.6 Å². The number of hydrogen-bond acceptors (Lipinski definition) is 4. The van der Waals surface area contributed by atoms with Gasteiger partial charge in [0.15, 0.2) is 0 Å². The van der Waals surface area contributed by atoms with Gasteiger partial charge in [-0.3, -0.25) is 9.69 Å². The van der Waals surface area contributed by atoms with Gasteiger partial charge in [0.05, 0.1) is 24.7 Å². The highest BCUT2D eigenvalue weighted by Gasteiger charge is 2.29. The van der Waals surface area contributed by atoms with Gasteiger partial charge in [0.25, 0.3) is 0 Å². The number of benzene rings is 1. The molecule has 1 aliphatic rings. The van der Waals surface area contributed by atoms with Crippen molar-refractivity contribution < 1.29 is 9.53 Å². The average Bonchev–Trinajstić information content (AvgIpc) is 2.89. The molecule has 1 aromatic heterocycles. The van der Waals surface area contributed by atoms with Crippen LogP contribution in [0.4, 0.5) is 0 Å². The maximum Gasteiger partial charge on any atom is 0.323 e. The Labute approximate surface area is 117 Å². The molecular formula is C15H19N3O2. The molecule has 2 aromatic rings. The summed E-state index contributed by atoms with van der Waals surface area (Å²) in [5, 5.41) is 0. The molecule has 1 atom stereocenters. The number of imidazole rings is 1. The minimum atomic E-state index is -0.138. The number of rotatable bonds is 3. The summed E-state index contributed by atoms with van der Waals surface area (Å²) in [6, 6.07) is 7.83. The number of piperidine rings is 1. The molecule has 3 rings (SSSR count). The van der Waals surface area contributed by atoms with Gasteiger partial charge in [0.1, 0.15) is 11.9 Å². The predicted octanol–water partition coefficient (Wildman–Crippen LogP) is 2.09. The number of ether oxygens (including phenoxy) is 1. The number of methoxy groups -OCH3 is 1. The van der Waals surface area contributed by atoms with Gasteiger partial charge in [0, 0.05) is 0 Å². The number of nitrogens with one attached hydrogen (secondary N) is 1. The largest absolute Gasteiger partial charge is 0.468 e. The minimum absolute atomic E-state index is 0.137. The second-order valence-corrected chi connectivity index (χ2v) is 5.21. The van der Waals surface area contributed by atoms with E-state index in [2.05, 4.69) is 14.9 Å². The number of aromatic nitrogens is 2. The molecule has 2 heterocycles. The molecule has 0 unspecified atom stereocenters. The molecule has 0 amide bonds. The molecular weight excluding hydrogens is 254 g/mol. The van der Waals surface area contributed by atoms with Gasteiger partial charge < -0.3 is 9.72 Å². The smallest absolute Gasteiger partial charge is 0.323 e. The summed E-state index contributed by atoms with van der Waals surface area (Å²) in [6.45, 7) is 1.57. The summed E-state index contributed by atoms with van der Waals surface area (Å²) in [4.78, 5) is 21.9. The third-order valence-corrected chi connectivity index (χ3v) is 3.88. The van der Waals surface area contributed by atoms with Crippen molar-refractivity contribution in [1.29, 1.82) is 0 Å². The van der Waals surface area contributed by atoms with Crippen molar-refractivity contribution in [2.45, 2.75) is 31.8 Å². The molecule has 106 valence electrons. The summed E-state index contributed by atoms with van der Waals surface area (Å²) < 4.78 is 4.91. The Kier molecular flexibility index (Phi) is 3.69. The number of esters is 1. The van der Waals surface area contributed by atoms with E-state index in [1.807, 2.05) is 24.3 Å². The summed E-state index contributed by atoms with van der Waals surface area (Å²) in [5.41, 5.74) is 2.00. The first-order valence-corrected chi connectivity index (χ1v) is 7.03. The number of para-hydroxylation sites is 2. The van der Waals surface area contributed by atoms with Crippen LogP contribution in [0.5, 0.6) is 0 Å². The first-order chi connectivity index (χ1) is 9.78. The van der Waals surface area contributed by atoms with Crippen molar-refractivity contribution in [3.63, 3.8) is 0 Å². The SMILES string of the molecule is COC(=O)[C@H]1CCCCN1Cc1nc2ccccc2[nH]1. The van der Waals surface area contributed by atoms with E-state index < -0.39 is 0 Å². The number of hydrogen-bond donors (Lipinski definition) is 1. The van der Waals surface area contributed by atoms with Crippen molar-refractivity contribution in [2.24, 2.45) is 0 Å². The normalized spacial score (nSPS) is 20.1. The number of fused-ring (bicyclic) bond motifs is 1. The monoisotopic (exact) mass is 273 g/mol. The maximum atomic E-state index is 11.8. The van der Waals surface area contributed by atoms with Gasteiger partial charge >= 0.3 is 5.97 Å². The van der Waals surface area contributed by atoms with Crippen LogP contribution in [0.1, 0.15) is 25.1 Å². The standard InChI is InChI=1S/C15H19N3O2/c1-20-15(19)13-8-4-5-9-18(13)10-14-16-11-6-2-3-7-12(11)17-14/h2-3,6-7,13H,4-5,8-10H2,1H3,(H,16,17)/t13-/m1/s1. The van der Waals surface area contributed by atoms with E-state index in [0.717, 1.165) is 42.7 Å². The van der Waals surface area contributed by atoms with Crippen molar-refractivity contribution in [3.05, 3.63) is 30.1 Å². The maximum absolute atomic E-state index is 11.8. The Hall–Kier alpha value is -1.88. The second-order valence-electron chi connectivity index (χ2n) is 5.21. The molecule has 20 heavy (non-hydrogen) atoms. The van der Waals surface area contributed by atoms with Crippen LogP contribution in [-0.2, 0) is 16.1 Å². The molecule has 0 bridgehead atoms. The Balaban J connectivity index is 1.79. The predicted molar refractivity (Wildman–Crippen MR) is 76.2 cm³/mol. The number of H-pyrrole nitrogens is 1. The van der Waals surface area contributed by atoms with Gasteiger partial charge in [-0.25, -0.2) is 4.98 Å². The van der Waals surface area contributed by atoms with Crippen LogP contribution in [0.25, 0.3) is 11.0 Å². The highest BCUT2D eigenvalue weighted by atomic mass is 16.5. The quantitative estimate of drug-likeness (QED) is 0.870. The van der Waals surface area contributed by atoms with Crippen LogP contribution in [-0.4, -0.2) is 40.5 Å². The van der Waals surface area contributed by atoms with E-state index in [-0.39, 0.29) is 12.0 Å². The topological polar surface area (TPSA) is 58.2 Å². The fourth-order valence-electron chi connectivity index (χ4n) is 2.86. The molecule has 5 nitrogen and oxygen atoms in total. The molecule has 0 radical (unpaired) electrons. The Morgan fingerprint density at radius 3 is 3.10 bits per heavy atom. The number of aromatic amines is 1. The molecule has 0 saturated carbocycles. The molecule has 1 fully saturated rings. The zero-order chi connectivity index (χ0) is 13.9. The molecule has 1 saturated heterocycles. The first kappa shape index (κ1) is 13.1. The fraction of sp³-hybridized carbons (Fsp3) is 0.467. The molecule has 5 heteroatoms. The van der Waals surface area contributed by atoms with Crippen LogP contribution in [0.15, 0.2) is 24.3 Å². The van der Waals surface area contributed by atoms with Crippen LogP contribution in [0.2, 0.25) is 0 Å². The van der Waals surface area contributed by atoms with Crippen molar-refractivity contribution >= 4 is 17.0 Å². The lowest BCUT2D eigenvalue weighted by Gasteiger charge is -2.32. The summed E-state index contributed by atoms with van der Waals surface area (Å²) in [6.07, 6.45) is 3.07. The first-order valence-electron chi connectivity index (χ1n) is 7.03. The Morgan fingerprint density at radius 1 is 1.45 bits per heavy atom. The van der Waals surface area contributed by atoms with E-state index in [1.54, 1.807) is 0 Å². The van der Waals surface area contributed by atoms with Crippen LogP contribution in [0, 0.1) is 0 Å². The van der Waals surface area contributed by atoms with Crippen molar-refractivity contribution in [3.8, 4) is 0 Å². The van der Waals surface area contributed by atoms with E-state index in [9.17, 15) is 4.79 Å². The second kappa shape index (κ2) is 5.63. The molecule has 0 aliphatic carbocycles. The van der Waals surface area contributed by atoms with Crippen molar-refractivity contribution in [2.75, 3.05) is 13.7 Å². The number of likely N-dealkylation sites (tertiary alicyclic amines) is 1. The van der Waals surface area contributed by atoms with Crippen LogP contribution < -0.4 is 0 Å². The lowest BCUT2D eigenvalue weighted by molar-refractivity contribution is -0.148. The lowest BCUT2D eigenvalue weighted by Crippen LogP contribution is -2.44. The summed E-state index contributed by atoms with van der Waals surface area (Å²) in [5.74, 6) is 0.766. The highest BCUT2D eigenvalue weighted by Crippen LogP contribution is 2.21. The van der Waals surface area contributed by atoms with Gasteiger partial charge in [-0.15, -0.1) is 0 Å². The number of nitrogens with zero attached hydrogens (tertiary/aromatic N) is 2. The Bertz CT molecular complexity index is 575. The van der Waals surface area contributed by atoms with Gasteiger partial charge in [-0.2, -0.15) is 0 Å². The summed E-state index contributed by atoms with van der Waals surface area (Å²) in [7, 11) is 1.45. The molecule has 1 aromatic carbocycles. The Morgan fingerprint density at radius 2 is 2.30 bits per heavy atom. The van der Waals surface area contributed by atoms with E-state index in [1.165, 1.54) is 7.11 Å². The third kappa shape index (κ3) is 2.54. The number of carbonyl (C=O) groups excluding carboxylic acids is 1.